The van der Waals surface area contributed by atoms with Crippen LogP contribution in [-0.4, -0.2) is 66.7 Å². The van der Waals surface area contributed by atoms with Crippen molar-refractivity contribution in [3.8, 4) is 11.5 Å². The SMILES string of the molecule is O=C(CN1C(=O)CNC1=O)N1CCC[C@@H](Nc2ccc3c(c2)OCO3)C1. The zero-order chi connectivity index (χ0) is 18.1. The highest BCUT2D eigenvalue weighted by Crippen LogP contribution is 2.34. The molecule has 0 radical (unpaired) electrons. The van der Waals surface area contributed by atoms with E-state index in [2.05, 4.69) is 10.6 Å². The summed E-state index contributed by atoms with van der Waals surface area (Å²) in [5.74, 6) is 0.852. The van der Waals surface area contributed by atoms with Crippen LogP contribution in [-0.2, 0) is 9.59 Å². The summed E-state index contributed by atoms with van der Waals surface area (Å²) >= 11 is 0. The lowest BCUT2D eigenvalue weighted by molar-refractivity contribution is -0.137. The minimum Gasteiger partial charge on any atom is -0.454 e. The third kappa shape index (κ3) is 3.24. The van der Waals surface area contributed by atoms with Gasteiger partial charge in [0.05, 0.1) is 6.54 Å². The molecule has 0 spiro atoms. The van der Waals surface area contributed by atoms with E-state index in [4.69, 9.17) is 9.47 Å². The molecule has 9 nitrogen and oxygen atoms in total. The van der Waals surface area contributed by atoms with Crippen molar-refractivity contribution < 1.29 is 23.9 Å². The molecule has 3 aliphatic heterocycles. The van der Waals surface area contributed by atoms with E-state index < -0.39 is 6.03 Å². The number of hydrogen-bond acceptors (Lipinski definition) is 6. The average Bonchev–Trinajstić information content (AvgIpc) is 3.23. The van der Waals surface area contributed by atoms with Crippen LogP contribution in [0.5, 0.6) is 11.5 Å². The number of carbonyl (C=O) groups is 3. The fourth-order valence-electron chi connectivity index (χ4n) is 3.39. The summed E-state index contributed by atoms with van der Waals surface area (Å²) < 4.78 is 10.7. The molecule has 1 atom stereocenters. The van der Waals surface area contributed by atoms with Crippen molar-refractivity contribution in [2.45, 2.75) is 18.9 Å². The predicted octanol–water partition coefficient (Wildman–Crippen LogP) is 0.370. The number of benzene rings is 1. The van der Waals surface area contributed by atoms with Crippen LogP contribution in [0.4, 0.5) is 10.5 Å². The van der Waals surface area contributed by atoms with E-state index in [0.717, 1.165) is 29.2 Å². The highest BCUT2D eigenvalue weighted by molar-refractivity contribution is 6.04. The van der Waals surface area contributed by atoms with Gasteiger partial charge in [-0.15, -0.1) is 0 Å². The number of nitrogens with zero attached hydrogens (tertiary/aromatic N) is 2. The van der Waals surface area contributed by atoms with E-state index in [9.17, 15) is 14.4 Å². The molecule has 4 rings (SSSR count). The van der Waals surface area contributed by atoms with Gasteiger partial charge in [0, 0.05) is 30.9 Å². The van der Waals surface area contributed by atoms with E-state index in [1.807, 2.05) is 18.2 Å². The molecule has 0 aliphatic carbocycles. The van der Waals surface area contributed by atoms with E-state index >= 15 is 0 Å². The van der Waals surface area contributed by atoms with Crippen LogP contribution in [0.25, 0.3) is 0 Å². The summed E-state index contributed by atoms with van der Waals surface area (Å²) in [5, 5.41) is 5.84. The molecule has 2 N–H and O–H groups in total. The van der Waals surface area contributed by atoms with Crippen LogP contribution < -0.4 is 20.1 Å². The molecule has 2 fully saturated rings. The number of nitrogens with one attached hydrogen (secondary N) is 2. The molecule has 26 heavy (non-hydrogen) atoms. The van der Waals surface area contributed by atoms with Crippen LogP contribution in [0, 0.1) is 0 Å². The third-order valence-electron chi connectivity index (χ3n) is 4.75. The Hall–Kier alpha value is -2.97. The maximum absolute atomic E-state index is 12.5. The highest BCUT2D eigenvalue weighted by atomic mass is 16.7. The molecule has 4 amide bonds. The van der Waals surface area contributed by atoms with E-state index in [1.165, 1.54) is 0 Å². The Morgan fingerprint density at radius 3 is 2.92 bits per heavy atom. The van der Waals surface area contributed by atoms with Gasteiger partial charge >= 0.3 is 6.03 Å². The van der Waals surface area contributed by atoms with Crippen molar-refractivity contribution in [2.75, 3.05) is 38.3 Å². The fourth-order valence-corrected chi connectivity index (χ4v) is 3.39. The molecule has 1 aromatic rings. The largest absolute Gasteiger partial charge is 0.454 e. The summed E-state index contributed by atoms with van der Waals surface area (Å²) in [7, 11) is 0. The smallest absolute Gasteiger partial charge is 0.325 e. The summed E-state index contributed by atoms with van der Waals surface area (Å²) in [6.45, 7) is 1.13. The third-order valence-corrected chi connectivity index (χ3v) is 4.75. The van der Waals surface area contributed by atoms with Crippen LogP contribution >= 0.6 is 0 Å². The molecule has 3 aliphatic rings. The van der Waals surface area contributed by atoms with Gasteiger partial charge in [-0.25, -0.2) is 4.79 Å². The minimum atomic E-state index is -0.504. The standard InChI is InChI=1S/C17H20N4O5/c22-15-7-18-17(24)21(15)9-16(23)20-5-1-2-12(8-20)19-11-3-4-13-14(6-11)26-10-25-13/h3-4,6,12,19H,1-2,5,7-10H2,(H,18,24)/t12-/m1/s1. The molecule has 0 unspecified atom stereocenters. The molecule has 3 heterocycles. The second-order valence-corrected chi connectivity index (χ2v) is 6.53. The van der Waals surface area contributed by atoms with Crippen molar-refractivity contribution in [1.82, 2.24) is 15.1 Å². The first-order valence-corrected chi connectivity index (χ1v) is 8.62. The Kier molecular flexibility index (Phi) is 4.27. The number of fused-ring (bicyclic) bond motifs is 1. The topological polar surface area (TPSA) is 100 Å². The second kappa shape index (κ2) is 6.74. The number of ether oxygens (including phenoxy) is 2. The number of hydrogen-bond donors (Lipinski definition) is 2. The maximum Gasteiger partial charge on any atom is 0.325 e. The Balaban J connectivity index is 1.35. The molecule has 9 heteroatoms. The van der Waals surface area contributed by atoms with Crippen LogP contribution in [0.1, 0.15) is 12.8 Å². The van der Waals surface area contributed by atoms with Gasteiger partial charge in [-0.1, -0.05) is 0 Å². The minimum absolute atomic E-state index is 0.0413. The Bertz CT molecular complexity index is 737. The van der Waals surface area contributed by atoms with Gasteiger partial charge in [-0.3, -0.25) is 14.5 Å². The lowest BCUT2D eigenvalue weighted by Gasteiger charge is -2.34. The maximum atomic E-state index is 12.5. The Morgan fingerprint density at radius 2 is 2.12 bits per heavy atom. The molecule has 1 aromatic carbocycles. The lowest BCUT2D eigenvalue weighted by Crippen LogP contribution is -2.49. The first-order valence-electron chi connectivity index (χ1n) is 8.62. The first kappa shape index (κ1) is 16.5. The summed E-state index contributed by atoms with van der Waals surface area (Å²) in [5.41, 5.74) is 0.905. The molecular weight excluding hydrogens is 340 g/mol. The Labute approximate surface area is 150 Å². The van der Waals surface area contributed by atoms with Crippen molar-refractivity contribution in [2.24, 2.45) is 0 Å². The number of rotatable bonds is 4. The molecule has 0 bridgehead atoms. The monoisotopic (exact) mass is 360 g/mol. The number of carbonyl (C=O) groups excluding carboxylic acids is 3. The second-order valence-electron chi connectivity index (χ2n) is 6.53. The lowest BCUT2D eigenvalue weighted by atomic mass is 10.0. The van der Waals surface area contributed by atoms with Gasteiger partial charge in [0.1, 0.15) is 6.54 Å². The Morgan fingerprint density at radius 1 is 1.27 bits per heavy atom. The van der Waals surface area contributed by atoms with Crippen molar-refractivity contribution in [1.29, 1.82) is 0 Å². The zero-order valence-electron chi connectivity index (χ0n) is 14.2. The summed E-state index contributed by atoms with van der Waals surface area (Å²) in [6, 6.07) is 5.25. The summed E-state index contributed by atoms with van der Waals surface area (Å²) in [4.78, 5) is 38.4. The van der Waals surface area contributed by atoms with E-state index in [1.54, 1.807) is 4.90 Å². The van der Waals surface area contributed by atoms with Crippen LogP contribution in [0.15, 0.2) is 18.2 Å². The van der Waals surface area contributed by atoms with Gasteiger partial charge in [0.15, 0.2) is 11.5 Å². The number of anilines is 1. The van der Waals surface area contributed by atoms with Crippen LogP contribution in [0.3, 0.4) is 0 Å². The molecule has 0 saturated carbocycles. The first-order chi connectivity index (χ1) is 12.6. The fraction of sp³-hybridized carbons (Fsp3) is 0.471. The number of likely N-dealkylation sites (tertiary alicyclic amines) is 1. The van der Waals surface area contributed by atoms with Gasteiger partial charge in [0.25, 0.3) is 5.91 Å². The van der Waals surface area contributed by atoms with Gasteiger partial charge in [-0.05, 0) is 25.0 Å². The quantitative estimate of drug-likeness (QED) is 0.753. The molecular formula is C17H20N4O5. The number of imide groups is 1. The van der Waals surface area contributed by atoms with E-state index in [0.29, 0.717) is 18.8 Å². The molecule has 138 valence electrons. The molecule has 2 saturated heterocycles. The van der Waals surface area contributed by atoms with Gasteiger partial charge in [0.2, 0.25) is 12.7 Å². The number of amides is 4. The highest BCUT2D eigenvalue weighted by Gasteiger charge is 2.33. The predicted molar refractivity (Wildman–Crippen MR) is 90.9 cm³/mol. The van der Waals surface area contributed by atoms with Gasteiger partial charge in [-0.2, -0.15) is 0 Å². The molecule has 0 aromatic heterocycles. The van der Waals surface area contributed by atoms with Crippen molar-refractivity contribution >= 4 is 23.5 Å². The van der Waals surface area contributed by atoms with Gasteiger partial charge < -0.3 is 25.0 Å². The average molecular weight is 360 g/mol. The van der Waals surface area contributed by atoms with E-state index in [-0.39, 0.29) is 37.7 Å². The normalized spacial score (nSPS) is 21.8. The van der Waals surface area contributed by atoms with Crippen molar-refractivity contribution in [3.05, 3.63) is 18.2 Å². The summed E-state index contributed by atoms with van der Waals surface area (Å²) in [6.07, 6.45) is 1.79. The van der Waals surface area contributed by atoms with Crippen LogP contribution in [0.2, 0.25) is 0 Å². The zero-order valence-corrected chi connectivity index (χ0v) is 14.2. The number of piperidine rings is 1. The number of urea groups is 1. The van der Waals surface area contributed by atoms with Crippen molar-refractivity contribution in [3.63, 3.8) is 0 Å².